The summed E-state index contributed by atoms with van der Waals surface area (Å²) in [6.45, 7) is 8.90. The highest BCUT2D eigenvalue weighted by atomic mass is 28.4. The lowest BCUT2D eigenvalue weighted by Crippen LogP contribution is -2.68. The van der Waals surface area contributed by atoms with Crippen molar-refractivity contribution in [1.82, 2.24) is 4.90 Å². The Morgan fingerprint density at radius 3 is 2.00 bits per heavy atom. The van der Waals surface area contributed by atoms with Crippen molar-refractivity contribution in [3.63, 3.8) is 0 Å². The van der Waals surface area contributed by atoms with Gasteiger partial charge in [0.25, 0.3) is 8.32 Å². The zero-order valence-electron chi connectivity index (χ0n) is 22.6. The second kappa shape index (κ2) is 10.6. The van der Waals surface area contributed by atoms with Crippen molar-refractivity contribution in [2.45, 2.75) is 76.6 Å². The molecule has 2 aliphatic rings. The van der Waals surface area contributed by atoms with Crippen molar-refractivity contribution in [3.8, 4) is 6.07 Å². The Labute approximate surface area is 224 Å². The number of likely N-dealkylation sites (tertiary alicyclic amines) is 1. The molecule has 1 aliphatic heterocycles. The first-order chi connectivity index (χ1) is 17.9. The SMILES string of the molecule is CC(C)(C)[Si](OC1CCCC2(CCN(Cc3ccccc3)C2C#N)C1)(c1ccccc1)c1ccccc1. The summed E-state index contributed by atoms with van der Waals surface area (Å²) < 4.78 is 7.56. The summed E-state index contributed by atoms with van der Waals surface area (Å²) in [6, 6.07) is 35.2. The largest absolute Gasteiger partial charge is 0.404 e. The standard InChI is InChI=1S/C33H40N2OSi/c1-32(2,3)37(29-17-9-5-10-18-29,30-19-11-6-12-20-30)36-28-16-13-21-33(24-28)22-23-35(31(33)25-34)26-27-14-7-4-8-15-27/h4-12,14-15,17-20,28,31H,13,16,21-24,26H2,1-3H3. The maximum absolute atomic E-state index is 10.4. The molecule has 3 aromatic rings. The second-order valence-electron chi connectivity index (χ2n) is 12.1. The molecule has 5 rings (SSSR count). The van der Waals surface area contributed by atoms with Crippen LogP contribution in [0.3, 0.4) is 0 Å². The van der Waals surface area contributed by atoms with Gasteiger partial charge < -0.3 is 4.43 Å². The van der Waals surface area contributed by atoms with E-state index in [1.807, 2.05) is 0 Å². The average molecular weight is 509 g/mol. The molecule has 3 nitrogen and oxygen atoms in total. The predicted molar refractivity (Wildman–Crippen MR) is 154 cm³/mol. The van der Waals surface area contributed by atoms with Gasteiger partial charge in [-0.15, -0.1) is 0 Å². The molecule has 0 aromatic heterocycles. The molecule has 3 unspecified atom stereocenters. The van der Waals surface area contributed by atoms with Crippen molar-refractivity contribution in [2.75, 3.05) is 6.54 Å². The van der Waals surface area contributed by atoms with Crippen LogP contribution in [-0.4, -0.2) is 31.9 Å². The van der Waals surface area contributed by atoms with Gasteiger partial charge in [0.15, 0.2) is 0 Å². The number of hydrogen-bond acceptors (Lipinski definition) is 3. The molecule has 1 heterocycles. The van der Waals surface area contributed by atoms with Crippen LogP contribution >= 0.6 is 0 Å². The lowest BCUT2D eigenvalue weighted by Gasteiger charge is -2.48. The van der Waals surface area contributed by atoms with Gasteiger partial charge in [-0.1, -0.05) is 118 Å². The maximum Gasteiger partial charge on any atom is 0.261 e. The Morgan fingerprint density at radius 1 is 0.892 bits per heavy atom. The molecule has 3 aromatic carbocycles. The summed E-state index contributed by atoms with van der Waals surface area (Å²) in [5.74, 6) is 0. The van der Waals surface area contributed by atoms with Crippen molar-refractivity contribution in [1.29, 1.82) is 5.26 Å². The normalized spacial score (nSPS) is 24.7. The van der Waals surface area contributed by atoms with E-state index in [2.05, 4.69) is 123 Å². The molecule has 0 amide bonds. The zero-order valence-corrected chi connectivity index (χ0v) is 23.6. The van der Waals surface area contributed by atoms with E-state index in [1.54, 1.807) is 0 Å². The summed E-state index contributed by atoms with van der Waals surface area (Å²) in [5, 5.41) is 13.0. The lowest BCUT2D eigenvalue weighted by molar-refractivity contribution is 0.0442. The van der Waals surface area contributed by atoms with Gasteiger partial charge in [0.2, 0.25) is 0 Å². The summed E-state index contributed by atoms with van der Waals surface area (Å²) >= 11 is 0. The molecule has 1 spiro atoms. The minimum absolute atomic E-state index is 0.0118. The maximum atomic E-state index is 10.4. The smallest absolute Gasteiger partial charge is 0.261 e. The fourth-order valence-corrected chi connectivity index (χ4v) is 11.8. The highest BCUT2D eigenvalue weighted by Crippen LogP contribution is 2.50. The minimum Gasteiger partial charge on any atom is -0.404 e. The predicted octanol–water partition coefficient (Wildman–Crippen LogP) is 6.29. The van der Waals surface area contributed by atoms with Crippen molar-refractivity contribution >= 4 is 18.7 Å². The Hall–Kier alpha value is -2.71. The third-order valence-electron chi connectivity index (χ3n) is 8.79. The molecule has 0 N–H and O–H groups in total. The zero-order chi connectivity index (χ0) is 25.9. The molecule has 37 heavy (non-hydrogen) atoms. The van der Waals surface area contributed by atoms with Crippen LogP contribution in [0.15, 0.2) is 91.0 Å². The molecule has 192 valence electrons. The monoisotopic (exact) mass is 508 g/mol. The fourth-order valence-electron chi connectivity index (χ4n) is 7.08. The molecule has 1 saturated heterocycles. The number of rotatable bonds is 6. The van der Waals surface area contributed by atoms with Crippen LogP contribution < -0.4 is 10.4 Å². The third kappa shape index (κ3) is 4.93. The lowest BCUT2D eigenvalue weighted by atomic mass is 9.68. The van der Waals surface area contributed by atoms with Crippen molar-refractivity contribution < 1.29 is 4.43 Å². The van der Waals surface area contributed by atoms with Crippen LogP contribution in [0.5, 0.6) is 0 Å². The molecule has 3 atom stereocenters. The second-order valence-corrected chi connectivity index (χ2v) is 16.4. The Kier molecular flexibility index (Phi) is 7.41. The molecular weight excluding hydrogens is 468 g/mol. The quantitative estimate of drug-likeness (QED) is 0.367. The molecule has 0 radical (unpaired) electrons. The molecule has 2 fully saturated rings. The Morgan fingerprint density at radius 2 is 1.46 bits per heavy atom. The van der Waals surface area contributed by atoms with Crippen LogP contribution in [0, 0.1) is 16.7 Å². The van der Waals surface area contributed by atoms with Gasteiger partial charge in [0, 0.05) is 24.6 Å². The molecular formula is C33H40N2OSi. The van der Waals surface area contributed by atoms with Gasteiger partial charge in [-0.25, -0.2) is 0 Å². The van der Waals surface area contributed by atoms with E-state index in [0.29, 0.717) is 0 Å². The van der Waals surface area contributed by atoms with E-state index in [9.17, 15) is 5.26 Å². The van der Waals surface area contributed by atoms with Crippen LogP contribution in [0.25, 0.3) is 0 Å². The van der Waals surface area contributed by atoms with Gasteiger partial charge in [-0.2, -0.15) is 5.26 Å². The van der Waals surface area contributed by atoms with Gasteiger partial charge in [-0.3, -0.25) is 4.90 Å². The summed E-state index contributed by atoms with van der Waals surface area (Å²) in [6.07, 6.45) is 5.53. The van der Waals surface area contributed by atoms with Gasteiger partial charge in [-0.05, 0) is 46.7 Å². The van der Waals surface area contributed by atoms with Crippen LogP contribution in [0.4, 0.5) is 0 Å². The van der Waals surface area contributed by atoms with Gasteiger partial charge in [0.05, 0.1) is 6.07 Å². The minimum atomic E-state index is -2.61. The van der Waals surface area contributed by atoms with Crippen molar-refractivity contribution in [3.05, 3.63) is 96.6 Å². The van der Waals surface area contributed by atoms with E-state index in [4.69, 9.17) is 4.43 Å². The highest BCUT2D eigenvalue weighted by molar-refractivity contribution is 6.99. The summed E-state index contributed by atoms with van der Waals surface area (Å²) in [5.41, 5.74) is 1.30. The fraction of sp³-hybridized carbons (Fsp3) is 0.424. The number of hydrogen-bond donors (Lipinski definition) is 0. The van der Waals surface area contributed by atoms with E-state index < -0.39 is 8.32 Å². The summed E-state index contributed by atoms with van der Waals surface area (Å²) in [4.78, 5) is 2.42. The Balaban J connectivity index is 1.47. The number of nitriles is 1. The van der Waals surface area contributed by atoms with Gasteiger partial charge in [0.1, 0.15) is 6.04 Å². The third-order valence-corrected chi connectivity index (χ3v) is 13.9. The van der Waals surface area contributed by atoms with E-state index >= 15 is 0 Å². The van der Waals surface area contributed by atoms with Crippen LogP contribution in [0.1, 0.15) is 58.4 Å². The molecule has 4 heteroatoms. The Bertz CT molecular complexity index is 1160. The molecule has 1 aliphatic carbocycles. The first-order valence-electron chi connectivity index (χ1n) is 13.8. The number of benzene rings is 3. The van der Waals surface area contributed by atoms with Crippen molar-refractivity contribution in [2.24, 2.45) is 5.41 Å². The van der Waals surface area contributed by atoms with E-state index in [-0.39, 0.29) is 22.6 Å². The van der Waals surface area contributed by atoms with E-state index in [1.165, 1.54) is 15.9 Å². The summed E-state index contributed by atoms with van der Waals surface area (Å²) in [7, 11) is -2.61. The van der Waals surface area contributed by atoms with Gasteiger partial charge >= 0.3 is 0 Å². The highest BCUT2D eigenvalue weighted by Gasteiger charge is 2.55. The topological polar surface area (TPSA) is 36.3 Å². The van der Waals surface area contributed by atoms with Crippen LogP contribution in [-0.2, 0) is 11.0 Å². The van der Waals surface area contributed by atoms with E-state index in [0.717, 1.165) is 45.2 Å². The first kappa shape index (κ1) is 25.9. The van der Waals surface area contributed by atoms with Crippen LogP contribution in [0.2, 0.25) is 5.04 Å². The molecule has 1 saturated carbocycles. The average Bonchev–Trinajstić information content (AvgIpc) is 3.23. The number of nitrogens with zero attached hydrogens (tertiary/aromatic N) is 2. The molecule has 0 bridgehead atoms. The first-order valence-corrected chi connectivity index (χ1v) is 15.8.